The zero-order chi connectivity index (χ0) is 4.00. The van der Waals surface area contributed by atoms with Crippen molar-refractivity contribution in [2.45, 2.75) is 0 Å². The summed E-state index contributed by atoms with van der Waals surface area (Å²) in [6.07, 6.45) is 0. The predicted octanol–water partition coefficient (Wildman–Crippen LogP) is -5.69. The maximum absolute atomic E-state index is 7.00. The average molecular weight is 192 g/mol. The lowest BCUT2D eigenvalue weighted by molar-refractivity contribution is -0.176. The summed E-state index contributed by atoms with van der Waals surface area (Å²) < 4.78 is 0. The van der Waals surface area contributed by atoms with Gasteiger partial charge >= 0.3 is 0 Å². The van der Waals surface area contributed by atoms with Gasteiger partial charge in [-0.15, -0.1) is 0 Å². The van der Waals surface area contributed by atoms with E-state index in [1.54, 1.807) is 0 Å². The van der Waals surface area contributed by atoms with Crippen LogP contribution in [0.15, 0.2) is 0 Å². The molecule has 0 aliphatic heterocycles. The van der Waals surface area contributed by atoms with E-state index in [9.17, 15) is 0 Å². The second-order valence-corrected chi connectivity index (χ2v) is 0. The maximum atomic E-state index is 7.00. The van der Waals surface area contributed by atoms with Crippen LogP contribution in [-0.4, -0.2) is 48.8 Å². The fourth-order valence-corrected chi connectivity index (χ4v) is 0. The molecule has 11 heteroatoms. The van der Waals surface area contributed by atoms with E-state index < -0.39 is 0 Å². The van der Waals surface area contributed by atoms with E-state index in [2.05, 4.69) is 0 Å². The van der Waals surface area contributed by atoms with Gasteiger partial charge in [0.05, 0.1) is 0 Å². The van der Waals surface area contributed by atoms with Gasteiger partial charge in [-0.1, -0.05) is 0 Å². The number of hydrogen-bond acceptors (Lipinski definition) is 4. The van der Waals surface area contributed by atoms with Gasteiger partial charge in [-0.25, -0.2) is 0 Å². The van der Waals surface area contributed by atoms with Crippen molar-refractivity contribution in [2.24, 2.45) is 0 Å². The first kappa shape index (κ1) is 569. The van der Waals surface area contributed by atoms with Crippen molar-refractivity contribution in [1.29, 1.82) is 0 Å². The van der Waals surface area contributed by atoms with Crippen molar-refractivity contribution in [3.05, 3.63) is 9.93 Å². The minimum atomic E-state index is 0. The van der Waals surface area contributed by atoms with E-state index in [0.29, 0.717) is 0 Å². The highest BCUT2D eigenvalue weighted by Gasteiger charge is 0.746. The monoisotopic (exact) mass is 192 g/mol. The van der Waals surface area contributed by atoms with Crippen molar-refractivity contribution in [3.8, 4) is 0 Å². The van der Waals surface area contributed by atoms with Crippen LogP contribution in [0.1, 0.15) is 0 Å². The first-order chi connectivity index (χ1) is 2.00. The molecule has 0 bridgehead atoms. The molecule has 0 amide bonds. The molecule has 11 heavy (non-hydrogen) atoms. The Balaban J connectivity index is -0.000000000635. The molecule has 0 atom stereocenters. The summed E-state index contributed by atoms with van der Waals surface area (Å²) in [5, 5.41) is 12.0. The van der Waals surface area contributed by atoms with Crippen molar-refractivity contribution in [3.63, 3.8) is 0 Å². The van der Waals surface area contributed by atoms with Crippen LogP contribution in [-0.2, 0) is 0 Å². The molecular weight excluding hydrogens is 176 g/mol. The molecular formula is H16O11. The molecule has 0 saturated carbocycles. The highest BCUT2D eigenvalue weighted by Crippen LogP contribution is 0.741. The Hall–Kier alpha value is -0.760. The quantitative estimate of drug-likeness (QED) is 0.279. The fraction of sp³-hybridized carbons (Fsp3) is 0. The minimum absolute atomic E-state index is 0. The second kappa shape index (κ2) is 1090. The Morgan fingerprint density at radius 1 is 0.455 bits per heavy atom. The van der Waals surface area contributed by atoms with Gasteiger partial charge in [0.1, 0.15) is 0 Å². The lowest BCUT2D eigenvalue weighted by atomic mass is 15.0. The van der Waals surface area contributed by atoms with Gasteiger partial charge in [-0.2, -0.15) is 0 Å². The SMILES string of the molecule is O.O.O.O.O.O.O.O=O.OO. The summed E-state index contributed by atoms with van der Waals surface area (Å²) >= 11 is 0. The van der Waals surface area contributed by atoms with E-state index in [-0.39, 0.29) is 38.3 Å². The molecule has 0 aliphatic carbocycles. The summed E-state index contributed by atoms with van der Waals surface area (Å²) in [6.45, 7) is 0. The first-order valence-corrected chi connectivity index (χ1v) is 0.367. The zero-order valence-corrected chi connectivity index (χ0v) is 5.21. The zero-order valence-electron chi connectivity index (χ0n) is 5.21. The molecule has 0 saturated heterocycles. The summed E-state index contributed by atoms with van der Waals surface area (Å²) in [5.74, 6) is 0. The topological polar surface area (TPSA) is 295 Å². The van der Waals surface area contributed by atoms with Crippen molar-refractivity contribution in [2.75, 3.05) is 0 Å². The van der Waals surface area contributed by atoms with Crippen LogP contribution in [0.2, 0.25) is 0 Å². The predicted molar refractivity (Wildman–Crippen MR) is 37.3 cm³/mol. The van der Waals surface area contributed by atoms with Crippen LogP contribution in [0, 0.1) is 9.93 Å². The average Bonchev–Trinajstić information content (AvgIpc) is 1.50. The van der Waals surface area contributed by atoms with Crippen LogP contribution in [0.5, 0.6) is 0 Å². The minimum Gasteiger partial charge on any atom is -0.412 e. The molecule has 0 spiro atoms. The molecule has 0 unspecified atom stereocenters. The molecule has 11 nitrogen and oxygen atoms in total. The second-order valence-electron chi connectivity index (χ2n) is 0. The van der Waals surface area contributed by atoms with E-state index in [0.717, 1.165) is 0 Å². The molecule has 0 fully saturated rings. The van der Waals surface area contributed by atoms with Gasteiger partial charge in [0.2, 0.25) is 0 Å². The molecule has 0 aromatic heterocycles. The molecule has 82 valence electrons. The van der Waals surface area contributed by atoms with E-state index >= 15 is 0 Å². The highest BCUT2D eigenvalue weighted by molar-refractivity contribution is 4.07. The Morgan fingerprint density at radius 2 is 0.455 bits per heavy atom. The molecule has 0 aromatic rings. The van der Waals surface area contributed by atoms with Crippen LogP contribution >= 0.6 is 0 Å². The highest BCUT2D eigenvalue weighted by atomic mass is 17.0. The molecule has 0 heterocycles. The van der Waals surface area contributed by atoms with Gasteiger partial charge in [0, 0.05) is 9.93 Å². The normalized spacial score (nSPS) is 0.909. The standard InChI is InChI=1S/H2O2.O2.7H2O/c2*1-2;;;;;;;/h1-2H;;7*1H2. The molecule has 0 aromatic carbocycles. The van der Waals surface area contributed by atoms with E-state index in [1.807, 2.05) is 0 Å². The van der Waals surface area contributed by atoms with Crippen LogP contribution in [0.3, 0.4) is 0 Å². The lowest BCUT2D eigenvalue weighted by Crippen LogP contribution is -1.29. The molecule has 16 N–H and O–H groups in total. The van der Waals surface area contributed by atoms with Gasteiger partial charge in [0.15, 0.2) is 0 Å². The Morgan fingerprint density at radius 3 is 0.455 bits per heavy atom. The third-order valence-electron chi connectivity index (χ3n) is 0. The largest absolute Gasteiger partial charge is 0.412 e. The van der Waals surface area contributed by atoms with Gasteiger partial charge < -0.3 is 38.3 Å². The number of hydrogen-bond donors (Lipinski definition) is 2. The maximum Gasteiger partial charge on any atom is 0 e. The molecule has 0 aliphatic rings. The molecule has 0 radical (unpaired) electrons. The van der Waals surface area contributed by atoms with Crippen LogP contribution in [0.4, 0.5) is 0 Å². The smallest absolute Gasteiger partial charge is 0 e. The summed E-state index contributed by atoms with van der Waals surface area (Å²) in [6, 6.07) is 0. The summed E-state index contributed by atoms with van der Waals surface area (Å²) in [4.78, 5) is 14.0. The summed E-state index contributed by atoms with van der Waals surface area (Å²) in [5.41, 5.74) is 0. The van der Waals surface area contributed by atoms with Gasteiger partial charge in [-0.05, 0) is 0 Å². The Kier molecular flexibility index (Phi) is 56100. The Bertz CT molecular complexity index is 0. The van der Waals surface area contributed by atoms with Gasteiger partial charge in [-0.3, -0.25) is 10.5 Å². The third-order valence-corrected chi connectivity index (χ3v) is 0. The fourth-order valence-electron chi connectivity index (χ4n) is 0. The van der Waals surface area contributed by atoms with E-state index in [4.69, 9.17) is 20.4 Å². The van der Waals surface area contributed by atoms with Gasteiger partial charge in [0.25, 0.3) is 0 Å². The van der Waals surface area contributed by atoms with Crippen molar-refractivity contribution >= 4 is 0 Å². The van der Waals surface area contributed by atoms with Crippen LogP contribution < -0.4 is 0 Å². The first-order valence-electron chi connectivity index (χ1n) is 0.367. The molecule has 0 rings (SSSR count). The number of rotatable bonds is 0. The van der Waals surface area contributed by atoms with Crippen molar-refractivity contribution in [1.82, 2.24) is 0 Å². The van der Waals surface area contributed by atoms with E-state index in [1.165, 1.54) is 0 Å². The lowest BCUT2D eigenvalue weighted by Gasteiger charge is -1.25. The third kappa shape index (κ3) is 839. The summed E-state index contributed by atoms with van der Waals surface area (Å²) in [7, 11) is 0. The van der Waals surface area contributed by atoms with Crippen LogP contribution in [0.25, 0.3) is 0 Å². The Labute approximate surface area is 60.2 Å². The van der Waals surface area contributed by atoms with Crippen molar-refractivity contribution < 1.29 is 48.8 Å².